The molecule has 0 radical (unpaired) electrons. The molecule has 1 amide bonds. The number of anilines is 1. The molecule has 0 spiro atoms. The van der Waals surface area contributed by atoms with Gasteiger partial charge >= 0.3 is 0 Å². The normalized spacial score (nSPS) is 15.6. The number of nitrogens with one attached hydrogen (secondary N) is 1. The molecule has 0 saturated carbocycles. The summed E-state index contributed by atoms with van der Waals surface area (Å²) < 4.78 is 0. The summed E-state index contributed by atoms with van der Waals surface area (Å²) in [5.41, 5.74) is 5.37. The molecule has 25 heavy (non-hydrogen) atoms. The fraction of sp³-hybridized carbons (Fsp3) is 0.200. The first kappa shape index (κ1) is 16.0. The highest BCUT2D eigenvalue weighted by atomic mass is 32.2. The largest absolute Gasteiger partial charge is 0.326 e. The second-order valence-electron chi connectivity index (χ2n) is 6.17. The van der Waals surface area contributed by atoms with Crippen molar-refractivity contribution in [2.75, 3.05) is 18.4 Å². The van der Waals surface area contributed by atoms with Crippen molar-refractivity contribution in [1.29, 1.82) is 0 Å². The van der Waals surface area contributed by atoms with Gasteiger partial charge in [-0.15, -0.1) is 0 Å². The Labute approximate surface area is 151 Å². The molecule has 0 saturated heterocycles. The van der Waals surface area contributed by atoms with E-state index in [1.165, 1.54) is 5.70 Å². The Balaban J connectivity index is 1.42. The molecule has 2 heterocycles. The molecule has 2 aromatic carbocycles. The van der Waals surface area contributed by atoms with Crippen molar-refractivity contribution >= 4 is 34.2 Å². The average Bonchev–Trinajstić information content (AvgIpc) is 3.21. The number of aryl methyl sites for hydroxylation is 1. The molecule has 2 aliphatic heterocycles. The molecule has 0 aromatic heterocycles. The molecule has 2 aromatic rings. The number of amides is 1. The number of rotatable bonds is 4. The Morgan fingerprint density at radius 1 is 1.20 bits per heavy atom. The van der Waals surface area contributed by atoms with Crippen LogP contribution >= 0.6 is 11.8 Å². The Kier molecular flexibility index (Phi) is 4.32. The predicted octanol–water partition coefficient (Wildman–Crippen LogP) is 3.89. The number of thioether (sulfide) groups is 1. The third-order valence-electron chi connectivity index (χ3n) is 4.45. The van der Waals surface area contributed by atoms with Gasteiger partial charge in [-0.25, -0.2) is 0 Å². The van der Waals surface area contributed by atoms with Crippen LogP contribution in [0.4, 0.5) is 5.69 Å². The van der Waals surface area contributed by atoms with Crippen molar-refractivity contribution in [3.8, 4) is 0 Å². The lowest BCUT2D eigenvalue weighted by atomic mass is 10.1. The molecule has 5 heteroatoms. The van der Waals surface area contributed by atoms with E-state index >= 15 is 0 Å². The van der Waals surface area contributed by atoms with E-state index in [9.17, 15) is 4.79 Å². The van der Waals surface area contributed by atoms with E-state index < -0.39 is 0 Å². The van der Waals surface area contributed by atoms with Crippen LogP contribution in [0.3, 0.4) is 0 Å². The van der Waals surface area contributed by atoms with Crippen LogP contribution in [0.2, 0.25) is 0 Å². The molecule has 0 unspecified atom stereocenters. The molecular weight excluding hydrogens is 330 g/mol. The van der Waals surface area contributed by atoms with E-state index in [0.717, 1.165) is 40.6 Å². The molecule has 2 aliphatic rings. The van der Waals surface area contributed by atoms with Gasteiger partial charge in [-0.05, 0) is 35.7 Å². The molecule has 0 bridgehead atoms. The number of carbonyl (C=O) groups excluding carboxylic acids is 1. The first-order valence-corrected chi connectivity index (χ1v) is 9.22. The van der Waals surface area contributed by atoms with Crippen LogP contribution in [0.15, 0.2) is 58.9 Å². The summed E-state index contributed by atoms with van der Waals surface area (Å²) >= 11 is 1.68. The van der Waals surface area contributed by atoms with Gasteiger partial charge in [-0.2, -0.15) is 0 Å². The highest BCUT2D eigenvalue weighted by Crippen LogP contribution is 2.35. The Morgan fingerprint density at radius 2 is 2.00 bits per heavy atom. The monoisotopic (exact) mass is 349 g/mol. The number of aliphatic imine (C=N–C) groups is 1. The maximum absolute atomic E-state index is 12.3. The van der Waals surface area contributed by atoms with Gasteiger partial charge in [0, 0.05) is 17.6 Å². The number of amidine groups is 1. The van der Waals surface area contributed by atoms with Crippen molar-refractivity contribution in [2.45, 2.75) is 13.3 Å². The molecular formula is C20H19N3OS. The number of carbonyl (C=O) groups is 1. The van der Waals surface area contributed by atoms with Crippen molar-refractivity contribution in [2.24, 2.45) is 4.99 Å². The minimum Gasteiger partial charge on any atom is -0.326 e. The second-order valence-corrected chi connectivity index (χ2v) is 7.00. The summed E-state index contributed by atoms with van der Waals surface area (Å²) in [6, 6.07) is 16.0. The van der Waals surface area contributed by atoms with E-state index in [4.69, 9.17) is 0 Å². The fourth-order valence-corrected chi connectivity index (χ4v) is 4.02. The van der Waals surface area contributed by atoms with Crippen molar-refractivity contribution in [1.82, 2.24) is 4.90 Å². The first-order valence-electron chi connectivity index (χ1n) is 8.34. The van der Waals surface area contributed by atoms with Crippen LogP contribution < -0.4 is 5.32 Å². The maximum Gasteiger partial charge on any atom is 0.228 e. The van der Waals surface area contributed by atoms with E-state index in [-0.39, 0.29) is 5.91 Å². The third-order valence-corrected chi connectivity index (χ3v) is 5.35. The summed E-state index contributed by atoms with van der Waals surface area (Å²) in [5.74, 6) is 0.00616. The van der Waals surface area contributed by atoms with Gasteiger partial charge < -0.3 is 10.2 Å². The highest BCUT2D eigenvalue weighted by molar-refractivity contribution is 8.16. The number of benzene rings is 2. The first-order chi connectivity index (χ1) is 12.2. The van der Waals surface area contributed by atoms with Gasteiger partial charge in [-0.1, -0.05) is 48.2 Å². The van der Waals surface area contributed by atoms with Crippen LogP contribution in [0.1, 0.15) is 16.7 Å². The predicted molar refractivity (Wildman–Crippen MR) is 105 cm³/mol. The number of hydrogen-bond donors (Lipinski definition) is 1. The SMILES string of the molecule is Cc1ccccc1CC(=O)Nc1ccc(C2=CSC3=NCCN23)cc1. The van der Waals surface area contributed by atoms with E-state index in [2.05, 4.69) is 32.7 Å². The Morgan fingerprint density at radius 3 is 2.80 bits per heavy atom. The summed E-state index contributed by atoms with van der Waals surface area (Å²) in [5, 5.41) is 6.21. The van der Waals surface area contributed by atoms with Crippen LogP contribution in [0.25, 0.3) is 5.70 Å². The zero-order chi connectivity index (χ0) is 17.2. The van der Waals surface area contributed by atoms with Crippen molar-refractivity contribution < 1.29 is 4.79 Å². The summed E-state index contributed by atoms with van der Waals surface area (Å²) in [6.07, 6.45) is 0.393. The quantitative estimate of drug-likeness (QED) is 0.911. The second kappa shape index (κ2) is 6.76. The summed E-state index contributed by atoms with van der Waals surface area (Å²) in [7, 11) is 0. The van der Waals surface area contributed by atoms with E-state index in [0.29, 0.717) is 6.42 Å². The molecule has 4 nitrogen and oxygen atoms in total. The van der Waals surface area contributed by atoms with Gasteiger partial charge in [0.1, 0.15) is 0 Å². The number of hydrogen-bond acceptors (Lipinski definition) is 4. The van der Waals surface area contributed by atoms with Gasteiger partial charge in [-0.3, -0.25) is 9.79 Å². The minimum absolute atomic E-state index is 0.00616. The van der Waals surface area contributed by atoms with E-state index in [1.807, 2.05) is 43.3 Å². The van der Waals surface area contributed by atoms with E-state index in [1.54, 1.807) is 11.8 Å². The van der Waals surface area contributed by atoms with Crippen LogP contribution in [-0.4, -0.2) is 29.1 Å². The van der Waals surface area contributed by atoms with Crippen LogP contribution in [0.5, 0.6) is 0 Å². The zero-order valence-electron chi connectivity index (χ0n) is 14.0. The van der Waals surface area contributed by atoms with Crippen molar-refractivity contribution in [3.05, 3.63) is 70.6 Å². The minimum atomic E-state index is 0.00616. The average molecular weight is 349 g/mol. The van der Waals surface area contributed by atoms with Gasteiger partial charge in [0.15, 0.2) is 5.17 Å². The van der Waals surface area contributed by atoms with Crippen molar-refractivity contribution in [3.63, 3.8) is 0 Å². The lowest BCUT2D eigenvalue weighted by Gasteiger charge is -2.17. The Bertz CT molecular complexity index is 871. The standard InChI is InChI=1S/C20H19N3OS/c1-14-4-2-3-5-16(14)12-19(24)22-17-8-6-15(7-9-17)18-13-25-20-21-10-11-23(18)20/h2-9,13H,10-12H2,1H3,(H,22,24). The zero-order valence-corrected chi connectivity index (χ0v) is 14.8. The van der Waals surface area contributed by atoms with Gasteiger partial charge in [0.25, 0.3) is 0 Å². The molecule has 126 valence electrons. The molecule has 0 fully saturated rings. The van der Waals surface area contributed by atoms with Gasteiger partial charge in [0.2, 0.25) is 5.91 Å². The summed E-state index contributed by atoms with van der Waals surface area (Å²) in [4.78, 5) is 19.0. The molecule has 1 N–H and O–H groups in total. The number of nitrogens with zero attached hydrogens (tertiary/aromatic N) is 2. The topological polar surface area (TPSA) is 44.7 Å². The number of fused-ring (bicyclic) bond motifs is 1. The summed E-state index contributed by atoms with van der Waals surface area (Å²) in [6.45, 7) is 3.84. The lowest BCUT2D eigenvalue weighted by molar-refractivity contribution is -0.115. The fourth-order valence-electron chi connectivity index (χ4n) is 3.06. The molecule has 0 aliphatic carbocycles. The maximum atomic E-state index is 12.3. The smallest absolute Gasteiger partial charge is 0.228 e. The van der Waals surface area contributed by atoms with Crippen LogP contribution in [-0.2, 0) is 11.2 Å². The van der Waals surface area contributed by atoms with Gasteiger partial charge in [0.05, 0.1) is 18.7 Å². The third kappa shape index (κ3) is 3.33. The highest BCUT2D eigenvalue weighted by Gasteiger charge is 2.26. The lowest BCUT2D eigenvalue weighted by Crippen LogP contribution is -2.19. The molecule has 4 rings (SSSR count). The Hall–Kier alpha value is -2.53. The van der Waals surface area contributed by atoms with Crippen LogP contribution in [0, 0.1) is 6.92 Å². The molecule has 0 atom stereocenters.